The van der Waals surface area contributed by atoms with Crippen LogP contribution in [0.4, 0.5) is 5.95 Å². The van der Waals surface area contributed by atoms with Gasteiger partial charge in [-0.3, -0.25) is 4.79 Å². The number of ether oxygens (including phenoxy) is 1. The van der Waals surface area contributed by atoms with Gasteiger partial charge in [0.1, 0.15) is 11.8 Å². The number of fused-ring (bicyclic) bond motifs is 1. The fourth-order valence-electron chi connectivity index (χ4n) is 4.05. The number of halogens is 1. The van der Waals surface area contributed by atoms with Crippen LogP contribution >= 0.6 is 11.6 Å². The lowest BCUT2D eigenvalue weighted by molar-refractivity contribution is -0.116. The summed E-state index contributed by atoms with van der Waals surface area (Å²) in [6.07, 6.45) is 2.21. The van der Waals surface area contributed by atoms with Gasteiger partial charge in [-0.25, -0.2) is 4.68 Å². The average Bonchev–Trinajstić information content (AvgIpc) is 3.16. The Morgan fingerprint density at radius 3 is 2.72 bits per heavy atom. The van der Waals surface area contributed by atoms with Crippen molar-refractivity contribution in [3.63, 3.8) is 0 Å². The van der Waals surface area contributed by atoms with Crippen LogP contribution in [0, 0.1) is 0 Å². The molecule has 29 heavy (non-hydrogen) atoms. The molecule has 6 nitrogen and oxygen atoms in total. The minimum atomic E-state index is -0.331. The van der Waals surface area contributed by atoms with Crippen LogP contribution in [0.2, 0.25) is 5.02 Å². The monoisotopic (exact) mass is 406 g/mol. The van der Waals surface area contributed by atoms with E-state index in [-0.39, 0.29) is 11.8 Å². The molecule has 0 fully saturated rings. The largest absolute Gasteiger partial charge is 0.496 e. The molecule has 1 atom stereocenters. The second-order valence-corrected chi connectivity index (χ2v) is 7.59. The van der Waals surface area contributed by atoms with Gasteiger partial charge in [-0.15, -0.1) is 5.10 Å². The molecule has 0 bridgehead atoms. The van der Waals surface area contributed by atoms with Gasteiger partial charge in [0.05, 0.1) is 12.7 Å². The molecule has 1 N–H and O–H groups in total. The number of hydrogen-bond donors (Lipinski definition) is 1. The lowest BCUT2D eigenvalue weighted by Crippen LogP contribution is -2.31. The first-order valence-electron chi connectivity index (χ1n) is 9.54. The zero-order valence-corrected chi connectivity index (χ0v) is 16.6. The number of allylic oxidation sites excluding steroid dienone is 2. The molecule has 3 aromatic rings. The second-order valence-electron chi connectivity index (χ2n) is 7.15. The molecule has 1 aliphatic carbocycles. The molecule has 146 valence electrons. The summed E-state index contributed by atoms with van der Waals surface area (Å²) in [5.74, 6) is 2.03. The van der Waals surface area contributed by atoms with Crippen LogP contribution in [0.15, 0.2) is 59.8 Å². The van der Waals surface area contributed by atoms with Crippen molar-refractivity contribution < 1.29 is 9.53 Å². The Morgan fingerprint density at radius 2 is 1.93 bits per heavy atom. The molecule has 2 aliphatic rings. The Morgan fingerprint density at radius 1 is 1.14 bits per heavy atom. The number of nitrogens with zero attached hydrogens (tertiary/aromatic N) is 3. The summed E-state index contributed by atoms with van der Waals surface area (Å²) < 4.78 is 7.28. The van der Waals surface area contributed by atoms with Gasteiger partial charge in [-0.05, 0) is 42.7 Å². The van der Waals surface area contributed by atoms with Crippen LogP contribution in [-0.4, -0.2) is 27.7 Å². The first kappa shape index (κ1) is 17.9. The minimum absolute atomic E-state index is 0.152. The number of para-hydroxylation sites is 1. The van der Waals surface area contributed by atoms with Gasteiger partial charge in [-0.2, -0.15) is 4.98 Å². The molecule has 0 amide bonds. The van der Waals surface area contributed by atoms with Gasteiger partial charge in [0.15, 0.2) is 11.6 Å². The second kappa shape index (κ2) is 7.04. The fourth-order valence-corrected chi connectivity index (χ4v) is 4.18. The SMILES string of the molecule is COc1ccccc1-c1nc2n(n1)C(c1ccc(Cl)cc1)C1=C(CCCC1=O)N2. The quantitative estimate of drug-likeness (QED) is 0.686. The molecule has 2 aromatic carbocycles. The van der Waals surface area contributed by atoms with Crippen molar-refractivity contribution in [3.05, 3.63) is 70.4 Å². The predicted molar refractivity (Wildman–Crippen MR) is 111 cm³/mol. The van der Waals surface area contributed by atoms with Gasteiger partial charge < -0.3 is 10.1 Å². The Hall–Kier alpha value is -3.12. The van der Waals surface area contributed by atoms with Gasteiger partial charge in [0.2, 0.25) is 5.95 Å². The van der Waals surface area contributed by atoms with E-state index in [0.717, 1.165) is 35.2 Å². The number of carbonyl (C=O) groups excluding carboxylic acids is 1. The summed E-state index contributed by atoms with van der Waals surface area (Å²) in [6.45, 7) is 0. The number of rotatable bonds is 3. The van der Waals surface area contributed by atoms with E-state index in [1.54, 1.807) is 11.8 Å². The van der Waals surface area contributed by atoms with Crippen LogP contribution in [-0.2, 0) is 4.79 Å². The van der Waals surface area contributed by atoms with E-state index in [1.807, 2.05) is 48.5 Å². The number of methoxy groups -OCH3 is 1. The summed E-state index contributed by atoms with van der Waals surface area (Å²) in [5, 5.41) is 8.78. The lowest BCUT2D eigenvalue weighted by atomic mass is 9.85. The van der Waals surface area contributed by atoms with Crippen LogP contribution in [0.25, 0.3) is 11.4 Å². The van der Waals surface area contributed by atoms with E-state index in [4.69, 9.17) is 26.4 Å². The highest BCUT2D eigenvalue weighted by Gasteiger charge is 2.37. The van der Waals surface area contributed by atoms with Crippen molar-refractivity contribution in [2.45, 2.75) is 25.3 Å². The number of hydrogen-bond acceptors (Lipinski definition) is 5. The van der Waals surface area contributed by atoms with E-state index in [2.05, 4.69) is 5.32 Å². The molecule has 0 radical (unpaired) electrons. The van der Waals surface area contributed by atoms with Crippen LogP contribution in [0.1, 0.15) is 30.9 Å². The lowest BCUT2D eigenvalue weighted by Gasteiger charge is -2.32. The number of aromatic nitrogens is 3. The standard InChI is InChI=1S/C22H19ClN4O2/c1-29-18-8-3-2-5-15(18)21-25-22-24-16-6-4-7-17(28)19(16)20(27(22)26-21)13-9-11-14(23)12-10-13/h2-3,5,8-12,20H,4,6-7H2,1H3,(H,24,25,26). The number of carbonyl (C=O) groups is 1. The van der Waals surface area contributed by atoms with Gasteiger partial charge in [-0.1, -0.05) is 35.9 Å². The van der Waals surface area contributed by atoms with Crippen molar-refractivity contribution in [2.75, 3.05) is 12.4 Å². The molecule has 2 heterocycles. The number of benzene rings is 2. The van der Waals surface area contributed by atoms with E-state index in [9.17, 15) is 4.79 Å². The zero-order chi connectivity index (χ0) is 20.0. The Balaban J connectivity index is 1.68. The summed E-state index contributed by atoms with van der Waals surface area (Å²) in [4.78, 5) is 17.6. The number of ketones is 1. The van der Waals surface area contributed by atoms with Crippen molar-refractivity contribution in [2.24, 2.45) is 0 Å². The molecule has 1 aliphatic heterocycles. The summed E-state index contributed by atoms with van der Waals surface area (Å²) in [7, 11) is 1.63. The smallest absolute Gasteiger partial charge is 0.226 e. The highest BCUT2D eigenvalue weighted by atomic mass is 35.5. The van der Waals surface area contributed by atoms with Crippen molar-refractivity contribution in [3.8, 4) is 17.1 Å². The first-order valence-corrected chi connectivity index (χ1v) is 9.92. The van der Waals surface area contributed by atoms with Crippen LogP contribution in [0.5, 0.6) is 5.75 Å². The molecule has 0 saturated heterocycles. The van der Waals surface area contributed by atoms with Gasteiger partial charge >= 0.3 is 0 Å². The predicted octanol–water partition coefficient (Wildman–Crippen LogP) is 4.63. The third kappa shape index (κ3) is 3.00. The number of nitrogens with one attached hydrogen (secondary N) is 1. The van der Waals surface area contributed by atoms with Crippen LogP contribution < -0.4 is 10.1 Å². The summed E-state index contributed by atoms with van der Waals surface area (Å²) >= 11 is 6.09. The summed E-state index contributed by atoms with van der Waals surface area (Å²) in [6, 6.07) is 14.9. The molecule has 5 rings (SSSR count). The van der Waals surface area contributed by atoms with Crippen molar-refractivity contribution >= 4 is 23.3 Å². The summed E-state index contributed by atoms with van der Waals surface area (Å²) in [5.41, 5.74) is 3.46. The maximum Gasteiger partial charge on any atom is 0.226 e. The molecule has 1 aromatic heterocycles. The molecular formula is C22H19ClN4O2. The van der Waals surface area contributed by atoms with E-state index in [0.29, 0.717) is 29.0 Å². The molecule has 7 heteroatoms. The zero-order valence-electron chi connectivity index (χ0n) is 15.9. The first-order chi connectivity index (χ1) is 14.2. The Bertz CT molecular complexity index is 1130. The Kier molecular flexibility index (Phi) is 4.36. The highest BCUT2D eigenvalue weighted by Crippen LogP contribution is 2.41. The average molecular weight is 407 g/mol. The van der Waals surface area contributed by atoms with E-state index < -0.39 is 0 Å². The maximum absolute atomic E-state index is 12.9. The van der Waals surface area contributed by atoms with Gasteiger partial charge in [0, 0.05) is 22.7 Å². The van der Waals surface area contributed by atoms with Crippen molar-refractivity contribution in [1.29, 1.82) is 0 Å². The fraction of sp³-hybridized carbons (Fsp3) is 0.227. The molecule has 0 saturated carbocycles. The third-order valence-corrected chi connectivity index (χ3v) is 5.65. The van der Waals surface area contributed by atoms with Crippen molar-refractivity contribution in [1.82, 2.24) is 14.8 Å². The highest BCUT2D eigenvalue weighted by molar-refractivity contribution is 6.30. The van der Waals surface area contributed by atoms with Gasteiger partial charge in [0.25, 0.3) is 0 Å². The normalized spacial score (nSPS) is 18.1. The number of Topliss-reactive ketones (excluding diaryl/α,β-unsaturated/α-hetero) is 1. The van der Waals surface area contributed by atoms with E-state index >= 15 is 0 Å². The van der Waals surface area contributed by atoms with Crippen LogP contribution in [0.3, 0.4) is 0 Å². The number of anilines is 1. The Labute approximate surface area is 173 Å². The minimum Gasteiger partial charge on any atom is -0.496 e. The molecule has 0 spiro atoms. The molecular weight excluding hydrogens is 388 g/mol. The third-order valence-electron chi connectivity index (χ3n) is 5.40. The van der Waals surface area contributed by atoms with E-state index in [1.165, 1.54) is 0 Å². The molecule has 1 unspecified atom stereocenters. The topological polar surface area (TPSA) is 69.0 Å². The maximum atomic E-state index is 12.9.